The first-order chi connectivity index (χ1) is 10.7. The van der Waals surface area contributed by atoms with E-state index >= 15 is 0 Å². The van der Waals surface area contributed by atoms with E-state index in [2.05, 4.69) is 10.3 Å². The van der Waals surface area contributed by atoms with Gasteiger partial charge in [-0.05, 0) is 55.0 Å². The fraction of sp³-hybridized carbons (Fsp3) is 0.0588. The van der Waals surface area contributed by atoms with E-state index in [4.69, 9.17) is 10.5 Å². The predicted molar refractivity (Wildman–Crippen MR) is 87.1 cm³/mol. The molecule has 110 valence electrons. The highest BCUT2D eigenvalue weighted by Crippen LogP contribution is 2.32. The zero-order valence-corrected chi connectivity index (χ0v) is 12.0. The summed E-state index contributed by atoms with van der Waals surface area (Å²) in [6.07, 6.45) is 2.35. The number of rotatable bonds is 4. The molecule has 0 unspecified atom stereocenters. The molecule has 5 nitrogen and oxygen atoms in total. The van der Waals surface area contributed by atoms with Gasteiger partial charge in [0.15, 0.2) is 0 Å². The van der Waals surface area contributed by atoms with Crippen molar-refractivity contribution in [2.75, 3.05) is 11.1 Å². The number of aryl methyl sites for hydroxylation is 1. The van der Waals surface area contributed by atoms with E-state index in [1.165, 1.54) is 0 Å². The van der Waals surface area contributed by atoms with Gasteiger partial charge in [0, 0.05) is 23.0 Å². The quantitative estimate of drug-likeness (QED) is 0.570. The van der Waals surface area contributed by atoms with Crippen LogP contribution in [-0.4, -0.2) is 11.4 Å². The highest BCUT2D eigenvalue weighted by atomic mass is 16.5. The molecular formula is C17H15N3O2. The maximum atomic E-state index is 10.7. The van der Waals surface area contributed by atoms with E-state index in [-0.39, 0.29) is 0 Å². The third-order valence-electron chi connectivity index (χ3n) is 3.37. The lowest BCUT2D eigenvalue weighted by atomic mass is 10.1. The van der Waals surface area contributed by atoms with Crippen molar-refractivity contribution in [3.05, 3.63) is 54.2 Å². The number of nitrogens with one attached hydrogen (secondary N) is 1. The molecular weight excluding hydrogens is 278 g/mol. The number of amides is 1. The molecule has 1 amide bonds. The topological polar surface area (TPSA) is 77.2 Å². The van der Waals surface area contributed by atoms with Crippen LogP contribution >= 0.6 is 0 Å². The molecule has 0 saturated heterocycles. The summed E-state index contributed by atoms with van der Waals surface area (Å²) in [5.41, 5.74) is 8.84. The fourth-order valence-corrected chi connectivity index (χ4v) is 2.24. The molecule has 5 heteroatoms. The number of nitrogen functional groups attached to an aromatic ring is 1. The monoisotopic (exact) mass is 293 g/mol. The van der Waals surface area contributed by atoms with Crippen LogP contribution in [0.4, 0.5) is 11.4 Å². The summed E-state index contributed by atoms with van der Waals surface area (Å²) in [6.45, 7) is 1.92. The second-order valence-corrected chi connectivity index (χ2v) is 4.93. The summed E-state index contributed by atoms with van der Waals surface area (Å²) in [5.74, 6) is 1.36. The third-order valence-corrected chi connectivity index (χ3v) is 3.37. The third kappa shape index (κ3) is 2.69. The summed E-state index contributed by atoms with van der Waals surface area (Å²) in [7, 11) is 0. The van der Waals surface area contributed by atoms with Gasteiger partial charge in [-0.2, -0.15) is 0 Å². The molecule has 1 heterocycles. The number of carbonyl (C=O) groups is 1. The van der Waals surface area contributed by atoms with Gasteiger partial charge in [-0.1, -0.05) is 0 Å². The number of aromatic nitrogens is 1. The molecule has 0 fully saturated rings. The van der Waals surface area contributed by atoms with Crippen LogP contribution < -0.4 is 15.8 Å². The normalized spacial score (nSPS) is 10.4. The fourth-order valence-electron chi connectivity index (χ4n) is 2.24. The SMILES string of the molecule is Cc1cc2nccc(Oc3ccc(N)cc3)c2cc1NC=O. The van der Waals surface area contributed by atoms with Crippen LogP contribution in [0.5, 0.6) is 11.5 Å². The van der Waals surface area contributed by atoms with Gasteiger partial charge in [0.25, 0.3) is 0 Å². The van der Waals surface area contributed by atoms with Crippen molar-refractivity contribution in [2.45, 2.75) is 6.92 Å². The van der Waals surface area contributed by atoms with E-state index in [1.54, 1.807) is 36.5 Å². The molecule has 0 aliphatic heterocycles. The largest absolute Gasteiger partial charge is 0.457 e. The van der Waals surface area contributed by atoms with E-state index in [0.717, 1.165) is 22.2 Å². The lowest BCUT2D eigenvalue weighted by Crippen LogP contribution is -1.97. The van der Waals surface area contributed by atoms with Crippen LogP contribution in [0.3, 0.4) is 0 Å². The Hall–Kier alpha value is -3.08. The zero-order valence-electron chi connectivity index (χ0n) is 12.0. The molecule has 3 N–H and O–H groups in total. The van der Waals surface area contributed by atoms with Crippen molar-refractivity contribution in [1.29, 1.82) is 0 Å². The predicted octanol–water partition coefficient (Wildman–Crippen LogP) is 3.49. The Balaban J connectivity index is 2.06. The number of hydrogen-bond acceptors (Lipinski definition) is 4. The van der Waals surface area contributed by atoms with Crippen LogP contribution in [-0.2, 0) is 4.79 Å². The second-order valence-electron chi connectivity index (χ2n) is 4.93. The molecule has 0 aliphatic rings. The van der Waals surface area contributed by atoms with Crippen LogP contribution in [0.25, 0.3) is 10.9 Å². The molecule has 0 saturated carbocycles. The molecule has 22 heavy (non-hydrogen) atoms. The highest BCUT2D eigenvalue weighted by molar-refractivity contribution is 5.91. The summed E-state index contributed by atoms with van der Waals surface area (Å²) < 4.78 is 5.91. The molecule has 1 aromatic heterocycles. The molecule has 0 radical (unpaired) electrons. The number of nitrogens with zero attached hydrogens (tertiary/aromatic N) is 1. The highest BCUT2D eigenvalue weighted by Gasteiger charge is 2.08. The number of benzene rings is 2. The van der Waals surface area contributed by atoms with E-state index in [1.807, 2.05) is 19.1 Å². The molecule has 3 aromatic rings. The summed E-state index contributed by atoms with van der Waals surface area (Å²) in [5, 5.41) is 3.51. The van der Waals surface area contributed by atoms with Crippen molar-refractivity contribution in [2.24, 2.45) is 0 Å². The van der Waals surface area contributed by atoms with Crippen LogP contribution in [0, 0.1) is 6.92 Å². The van der Waals surface area contributed by atoms with Gasteiger partial charge in [0.05, 0.1) is 5.52 Å². The number of hydrogen-bond donors (Lipinski definition) is 2. The first kappa shape index (κ1) is 13.9. The number of ether oxygens (including phenoxy) is 1. The standard InChI is InChI=1S/C17H15N3O2/c1-11-8-16-14(9-15(11)20-10-21)17(6-7-19-16)22-13-4-2-12(18)3-5-13/h2-10H,18H2,1H3,(H,20,21). The van der Waals surface area contributed by atoms with Gasteiger partial charge in [-0.15, -0.1) is 0 Å². The zero-order chi connectivity index (χ0) is 15.5. The molecule has 0 bridgehead atoms. The van der Waals surface area contributed by atoms with Gasteiger partial charge >= 0.3 is 0 Å². The minimum Gasteiger partial charge on any atom is -0.457 e. The molecule has 0 atom stereocenters. The van der Waals surface area contributed by atoms with Crippen molar-refractivity contribution in [3.8, 4) is 11.5 Å². The Labute approximate surface area is 127 Å². The van der Waals surface area contributed by atoms with Gasteiger partial charge in [-0.3, -0.25) is 9.78 Å². The average molecular weight is 293 g/mol. The van der Waals surface area contributed by atoms with Crippen molar-refractivity contribution in [1.82, 2.24) is 4.98 Å². The molecule has 3 rings (SSSR count). The molecule has 0 aliphatic carbocycles. The Kier molecular flexibility index (Phi) is 3.62. The maximum Gasteiger partial charge on any atom is 0.211 e. The number of nitrogens with two attached hydrogens (primary N) is 1. The Morgan fingerprint density at radius 2 is 1.95 bits per heavy atom. The van der Waals surface area contributed by atoms with Crippen LogP contribution in [0.1, 0.15) is 5.56 Å². The number of fused-ring (bicyclic) bond motifs is 1. The van der Waals surface area contributed by atoms with E-state index in [9.17, 15) is 4.79 Å². The Morgan fingerprint density at radius 1 is 1.18 bits per heavy atom. The van der Waals surface area contributed by atoms with Crippen molar-refractivity contribution in [3.63, 3.8) is 0 Å². The summed E-state index contributed by atoms with van der Waals surface area (Å²) in [4.78, 5) is 15.0. The second kappa shape index (κ2) is 5.73. The maximum absolute atomic E-state index is 10.7. The minimum absolute atomic E-state index is 0.658. The van der Waals surface area contributed by atoms with Gasteiger partial charge < -0.3 is 15.8 Å². The number of anilines is 2. The van der Waals surface area contributed by atoms with E-state index < -0.39 is 0 Å². The summed E-state index contributed by atoms with van der Waals surface area (Å²) in [6, 6.07) is 12.7. The lowest BCUT2D eigenvalue weighted by Gasteiger charge is -2.11. The van der Waals surface area contributed by atoms with Crippen LogP contribution in [0.15, 0.2) is 48.7 Å². The molecule has 0 spiro atoms. The van der Waals surface area contributed by atoms with Gasteiger partial charge in [0.1, 0.15) is 11.5 Å². The Morgan fingerprint density at radius 3 is 2.68 bits per heavy atom. The molecule has 2 aromatic carbocycles. The first-order valence-electron chi connectivity index (χ1n) is 6.80. The van der Waals surface area contributed by atoms with Crippen molar-refractivity contribution >= 4 is 28.7 Å². The summed E-state index contributed by atoms with van der Waals surface area (Å²) >= 11 is 0. The average Bonchev–Trinajstić information content (AvgIpc) is 2.51. The van der Waals surface area contributed by atoms with Crippen molar-refractivity contribution < 1.29 is 9.53 Å². The van der Waals surface area contributed by atoms with Gasteiger partial charge in [0.2, 0.25) is 6.41 Å². The number of carbonyl (C=O) groups excluding carboxylic acids is 1. The Bertz CT molecular complexity index is 829. The van der Waals surface area contributed by atoms with Gasteiger partial charge in [-0.25, -0.2) is 0 Å². The number of pyridine rings is 1. The first-order valence-corrected chi connectivity index (χ1v) is 6.80. The smallest absolute Gasteiger partial charge is 0.211 e. The van der Waals surface area contributed by atoms with E-state index in [0.29, 0.717) is 23.6 Å². The minimum atomic E-state index is 0.658. The lowest BCUT2D eigenvalue weighted by molar-refractivity contribution is -0.105. The van der Waals surface area contributed by atoms with Crippen LogP contribution in [0.2, 0.25) is 0 Å².